The number of amides is 1. The fourth-order valence-corrected chi connectivity index (χ4v) is 5.22. The van der Waals surface area contributed by atoms with Crippen molar-refractivity contribution in [3.05, 3.63) is 57.3 Å². The van der Waals surface area contributed by atoms with Crippen LogP contribution < -0.4 is 5.73 Å². The largest absolute Gasteiger partial charge is 0.336 e. The predicted molar refractivity (Wildman–Crippen MR) is 101 cm³/mol. The van der Waals surface area contributed by atoms with Crippen molar-refractivity contribution in [2.24, 2.45) is 5.73 Å². The summed E-state index contributed by atoms with van der Waals surface area (Å²) >= 11 is 1.35. The fraction of sp³-hybridized carbons (Fsp3) is 0.389. The fourth-order valence-electron chi connectivity index (χ4n) is 3.25. The second-order valence-electron chi connectivity index (χ2n) is 6.65. The Bertz CT molecular complexity index is 875. The number of hydrogen-bond donors (Lipinski definition) is 1. The molecular formula is C18H22N2O3S2. The predicted octanol–water partition coefficient (Wildman–Crippen LogP) is 2.17. The summed E-state index contributed by atoms with van der Waals surface area (Å²) in [5.41, 5.74) is 8.12. The molecule has 0 saturated carbocycles. The second kappa shape index (κ2) is 6.90. The Labute approximate surface area is 152 Å². The van der Waals surface area contributed by atoms with Crippen molar-refractivity contribution in [2.45, 2.75) is 24.6 Å². The summed E-state index contributed by atoms with van der Waals surface area (Å²) in [6.45, 7) is 2.95. The monoisotopic (exact) mass is 378 g/mol. The molecule has 1 saturated heterocycles. The van der Waals surface area contributed by atoms with Gasteiger partial charge in [-0.3, -0.25) is 4.79 Å². The summed E-state index contributed by atoms with van der Waals surface area (Å²) in [4.78, 5) is 16.1. The van der Waals surface area contributed by atoms with Gasteiger partial charge in [-0.1, -0.05) is 30.3 Å². The van der Waals surface area contributed by atoms with Crippen LogP contribution in [-0.2, 0) is 15.6 Å². The van der Waals surface area contributed by atoms with Crippen molar-refractivity contribution in [1.29, 1.82) is 0 Å². The quantitative estimate of drug-likeness (QED) is 0.884. The normalized spacial score (nSPS) is 20.8. The lowest BCUT2D eigenvalue weighted by Gasteiger charge is -2.15. The van der Waals surface area contributed by atoms with Gasteiger partial charge in [-0.25, -0.2) is 8.42 Å². The Morgan fingerprint density at radius 1 is 1.28 bits per heavy atom. The van der Waals surface area contributed by atoms with Crippen molar-refractivity contribution in [2.75, 3.05) is 19.3 Å². The highest BCUT2D eigenvalue weighted by Gasteiger charge is 2.34. The smallest absolute Gasteiger partial charge is 0.264 e. The van der Waals surface area contributed by atoms with Gasteiger partial charge >= 0.3 is 0 Å². The number of likely N-dealkylation sites (tertiary alicyclic amines) is 1. The molecule has 1 aromatic heterocycles. The van der Waals surface area contributed by atoms with E-state index in [0.717, 1.165) is 10.4 Å². The molecule has 0 radical (unpaired) electrons. The first-order valence-electron chi connectivity index (χ1n) is 8.11. The van der Waals surface area contributed by atoms with E-state index in [1.165, 1.54) is 17.6 Å². The average molecular weight is 379 g/mol. The maximum absolute atomic E-state index is 12.8. The molecule has 25 heavy (non-hydrogen) atoms. The minimum atomic E-state index is -3.12. The molecule has 2 heterocycles. The van der Waals surface area contributed by atoms with Gasteiger partial charge in [-0.2, -0.15) is 0 Å². The van der Waals surface area contributed by atoms with Gasteiger partial charge in [0.05, 0.1) is 10.6 Å². The van der Waals surface area contributed by atoms with E-state index in [-0.39, 0.29) is 23.6 Å². The van der Waals surface area contributed by atoms with Gasteiger partial charge in [0, 0.05) is 36.2 Å². The van der Waals surface area contributed by atoms with Crippen LogP contribution in [0.2, 0.25) is 0 Å². The molecule has 7 heteroatoms. The molecule has 2 atom stereocenters. The van der Waals surface area contributed by atoms with E-state index in [0.29, 0.717) is 23.5 Å². The molecule has 0 bridgehead atoms. The van der Waals surface area contributed by atoms with Gasteiger partial charge in [0.15, 0.2) is 9.84 Å². The molecule has 0 spiro atoms. The molecule has 1 aliphatic heterocycles. The molecule has 1 aromatic carbocycles. The minimum absolute atomic E-state index is 0.0330. The van der Waals surface area contributed by atoms with Crippen LogP contribution in [0, 0.1) is 6.92 Å². The highest BCUT2D eigenvalue weighted by atomic mass is 32.2. The molecule has 134 valence electrons. The first kappa shape index (κ1) is 18.1. The molecule has 2 N–H and O–H groups in total. The first-order chi connectivity index (χ1) is 11.7. The highest BCUT2D eigenvalue weighted by molar-refractivity contribution is 7.89. The van der Waals surface area contributed by atoms with E-state index in [1.807, 2.05) is 37.3 Å². The molecule has 5 nitrogen and oxygen atoms in total. The lowest BCUT2D eigenvalue weighted by molar-refractivity contribution is 0.0794. The summed E-state index contributed by atoms with van der Waals surface area (Å²) in [7, 11) is -3.12. The molecular weight excluding hydrogens is 356 g/mol. The van der Waals surface area contributed by atoms with Crippen molar-refractivity contribution in [3.63, 3.8) is 0 Å². The summed E-state index contributed by atoms with van der Waals surface area (Å²) in [6, 6.07) is 11.6. The highest BCUT2D eigenvalue weighted by Crippen LogP contribution is 2.30. The number of sulfone groups is 1. The number of aryl methyl sites for hydroxylation is 1. The van der Waals surface area contributed by atoms with Crippen molar-refractivity contribution >= 4 is 27.1 Å². The van der Waals surface area contributed by atoms with Crippen LogP contribution >= 0.6 is 11.3 Å². The standard InChI is InChI=1S/C18H22N2O3S2/c1-12-14(11-25(2,22)23)8-17(24-12)18(21)20-9-15(16(19)10-20)13-6-4-3-5-7-13/h3-8,15-16H,9-11,19H2,1-2H3/t15-,16+/m0/s1. The zero-order valence-corrected chi connectivity index (χ0v) is 15.9. The molecule has 2 aromatic rings. The molecule has 3 rings (SSSR count). The van der Waals surface area contributed by atoms with E-state index in [4.69, 9.17) is 5.73 Å². The first-order valence-corrected chi connectivity index (χ1v) is 11.0. The summed E-state index contributed by atoms with van der Waals surface area (Å²) in [5, 5.41) is 0. The number of nitrogens with two attached hydrogens (primary N) is 1. The number of hydrogen-bond acceptors (Lipinski definition) is 5. The Morgan fingerprint density at radius 3 is 2.60 bits per heavy atom. The van der Waals surface area contributed by atoms with Crippen LogP contribution in [0.15, 0.2) is 36.4 Å². The molecule has 1 amide bonds. The Balaban J connectivity index is 1.77. The van der Waals surface area contributed by atoms with E-state index < -0.39 is 9.84 Å². The maximum atomic E-state index is 12.8. The van der Waals surface area contributed by atoms with Crippen LogP contribution in [-0.4, -0.2) is 44.6 Å². The lowest BCUT2D eigenvalue weighted by atomic mass is 9.95. The van der Waals surface area contributed by atoms with Gasteiger partial charge in [-0.05, 0) is 24.1 Å². The van der Waals surface area contributed by atoms with Gasteiger partial charge in [-0.15, -0.1) is 11.3 Å². The zero-order valence-electron chi connectivity index (χ0n) is 14.3. The summed E-state index contributed by atoms with van der Waals surface area (Å²) in [5.74, 6) is 0.0258. The number of rotatable bonds is 4. The molecule has 1 fully saturated rings. The van der Waals surface area contributed by atoms with Crippen molar-refractivity contribution in [1.82, 2.24) is 4.90 Å². The average Bonchev–Trinajstić information content (AvgIpc) is 3.10. The Kier molecular flexibility index (Phi) is 4.99. The molecule has 0 aliphatic carbocycles. The number of nitrogens with zero attached hydrogens (tertiary/aromatic N) is 1. The third kappa shape index (κ3) is 4.11. The zero-order chi connectivity index (χ0) is 18.2. The summed E-state index contributed by atoms with van der Waals surface area (Å²) in [6.07, 6.45) is 1.20. The number of thiophene rings is 1. The van der Waals surface area contributed by atoms with Crippen molar-refractivity contribution in [3.8, 4) is 0 Å². The van der Waals surface area contributed by atoms with Crippen LogP contribution in [0.25, 0.3) is 0 Å². The maximum Gasteiger partial charge on any atom is 0.264 e. The second-order valence-corrected chi connectivity index (χ2v) is 10.0. The van der Waals surface area contributed by atoms with Crippen LogP contribution in [0.1, 0.15) is 31.6 Å². The van der Waals surface area contributed by atoms with Crippen LogP contribution in [0.3, 0.4) is 0 Å². The van der Waals surface area contributed by atoms with E-state index in [2.05, 4.69) is 0 Å². The van der Waals surface area contributed by atoms with Gasteiger partial charge in [0.2, 0.25) is 0 Å². The van der Waals surface area contributed by atoms with Gasteiger partial charge in [0.1, 0.15) is 0 Å². The number of benzene rings is 1. The van der Waals surface area contributed by atoms with E-state index >= 15 is 0 Å². The summed E-state index contributed by atoms with van der Waals surface area (Å²) < 4.78 is 23.0. The number of carbonyl (C=O) groups excluding carboxylic acids is 1. The third-order valence-corrected chi connectivity index (χ3v) is 6.45. The van der Waals surface area contributed by atoms with E-state index in [1.54, 1.807) is 11.0 Å². The molecule has 0 unspecified atom stereocenters. The van der Waals surface area contributed by atoms with Crippen molar-refractivity contribution < 1.29 is 13.2 Å². The van der Waals surface area contributed by atoms with Gasteiger partial charge in [0.25, 0.3) is 5.91 Å². The SMILES string of the molecule is Cc1sc(C(=O)N2C[C@@H](N)[C@H](c3ccccc3)C2)cc1CS(C)(=O)=O. The number of carbonyl (C=O) groups is 1. The van der Waals surface area contributed by atoms with Crippen LogP contribution in [0.4, 0.5) is 0 Å². The lowest BCUT2D eigenvalue weighted by Crippen LogP contribution is -2.31. The van der Waals surface area contributed by atoms with Crippen LogP contribution in [0.5, 0.6) is 0 Å². The Morgan fingerprint density at radius 2 is 1.96 bits per heavy atom. The Hall–Kier alpha value is -1.70. The topological polar surface area (TPSA) is 80.5 Å². The molecule has 1 aliphatic rings. The third-order valence-electron chi connectivity index (χ3n) is 4.53. The minimum Gasteiger partial charge on any atom is -0.336 e. The van der Waals surface area contributed by atoms with Gasteiger partial charge < -0.3 is 10.6 Å². The van der Waals surface area contributed by atoms with E-state index in [9.17, 15) is 13.2 Å².